The number of rotatable bonds is 7. The van der Waals surface area contributed by atoms with Crippen LogP contribution in [-0.2, 0) is 11.3 Å². The molecule has 0 radical (unpaired) electrons. The van der Waals surface area contributed by atoms with Crippen LogP contribution in [0.5, 0.6) is 0 Å². The SMILES string of the molecule is CC(C)CN(CC(=O)N1CCS[C@@H]1c1ccc(F)cc1)Cc1ccccc1. The lowest BCUT2D eigenvalue weighted by Gasteiger charge is -2.29. The molecule has 1 heterocycles. The van der Waals surface area contributed by atoms with Crippen LogP contribution in [0, 0.1) is 11.7 Å². The van der Waals surface area contributed by atoms with Gasteiger partial charge < -0.3 is 4.90 Å². The van der Waals surface area contributed by atoms with Gasteiger partial charge in [0.2, 0.25) is 5.91 Å². The van der Waals surface area contributed by atoms with Crippen LogP contribution >= 0.6 is 11.8 Å². The van der Waals surface area contributed by atoms with E-state index in [1.807, 2.05) is 23.1 Å². The summed E-state index contributed by atoms with van der Waals surface area (Å²) in [4.78, 5) is 17.2. The van der Waals surface area contributed by atoms with Crippen LogP contribution in [0.25, 0.3) is 0 Å². The zero-order valence-electron chi connectivity index (χ0n) is 16.0. The Morgan fingerprint density at radius 3 is 2.56 bits per heavy atom. The molecule has 0 bridgehead atoms. The second-order valence-electron chi connectivity index (χ2n) is 7.41. The highest BCUT2D eigenvalue weighted by Gasteiger charge is 2.31. The molecule has 1 atom stereocenters. The van der Waals surface area contributed by atoms with Crippen molar-refractivity contribution in [1.82, 2.24) is 9.80 Å². The van der Waals surface area contributed by atoms with E-state index in [1.165, 1.54) is 17.7 Å². The van der Waals surface area contributed by atoms with E-state index >= 15 is 0 Å². The molecule has 0 N–H and O–H groups in total. The number of carbonyl (C=O) groups excluding carboxylic acids is 1. The summed E-state index contributed by atoms with van der Waals surface area (Å²) in [6.07, 6.45) is 0. The van der Waals surface area contributed by atoms with Crippen molar-refractivity contribution < 1.29 is 9.18 Å². The Labute approximate surface area is 165 Å². The predicted molar refractivity (Wildman–Crippen MR) is 110 cm³/mol. The van der Waals surface area contributed by atoms with Gasteiger partial charge in [0, 0.05) is 25.4 Å². The van der Waals surface area contributed by atoms with Crippen molar-refractivity contribution in [3.63, 3.8) is 0 Å². The van der Waals surface area contributed by atoms with Crippen molar-refractivity contribution in [2.45, 2.75) is 25.8 Å². The lowest BCUT2D eigenvalue weighted by Crippen LogP contribution is -2.41. The van der Waals surface area contributed by atoms with Gasteiger partial charge in [0.1, 0.15) is 11.2 Å². The maximum atomic E-state index is 13.2. The summed E-state index contributed by atoms with van der Waals surface area (Å²) in [7, 11) is 0. The molecule has 5 heteroatoms. The molecular weight excluding hydrogens is 359 g/mol. The van der Waals surface area contributed by atoms with Crippen LogP contribution < -0.4 is 0 Å². The van der Waals surface area contributed by atoms with Crippen LogP contribution in [-0.4, -0.2) is 41.1 Å². The summed E-state index contributed by atoms with van der Waals surface area (Å²) in [6.45, 7) is 7.15. The number of hydrogen-bond donors (Lipinski definition) is 0. The highest BCUT2D eigenvalue weighted by molar-refractivity contribution is 7.99. The minimum atomic E-state index is -0.245. The number of benzene rings is 2. The molecule has 2 aromatic rings. The lowest BCUT2D eigenvalue weighted by atomic mass is 10.1. The van der Waals surface area contributed by atoms with E-state index in [4.69, 9.17) is 0 Å². The van der Waals surface area contributed by atoms with Gasteiger partial charge in [-0.3, -0.25) is 9.69 Å². The van der Waals surface area contributed by atoms with Crippen LogP contribution in [0.15, 0.2) is 54.6 Å². The quantitative estimate of drug-likeness (QED) is 0.697. The van der Waals surface area contributed by atoms with Gasteiger partial charge in [-0.1, -0.05) is 56.3 Å². The molecule has 1 fully saturated rings. The van der Waals surface area contributed by atoms with E-state index in [0.29, 0.717) is 12.5 Å². The standard InChI is InChI=1S/C22H27FN2OS/c1-17(2)14-24(15-18-6-4-3-5-7-18)16-21(26)25-12-13-27-22(25)19-8-10-20(23)11-9-19/h3-11,17,22H,12-16H2,1-2H3/t22-/m1/s1. The van der Waals surface area contributed by atoms with Gasteiger partial charge >= 0.3 is 0 Å². The minimum absolute atomic E-state index is 0.0178. The average molecular weight is 387 g/mol. The third-order valence-electron chi connectivity index (χ3n) is 4.60. The first-order chi connectivity index (χ1) is 13.0. The Bertz CT molecular complexity index is 736. The van der Waals surface area contributed by atoms with Gasteiger partial charge in [0.05, 0.1) is 6.54 Å². The molecule has 0 unspecified atom stereocenters. The third kappa shape index (κ3) is 5.56. The van der Waals surface area contributed by atoms with Crippen LogP contribution in [0.2, 0.25) is 0 Å². The Morgan fingerprint density at radius 2 is 1.89 bits per heavy atom. The highest BCUT2D eigenvalue weighted by Crippen LogP contribution is 2.38. The third-order valence-corrected chi connectivity index (χ3v) is 5.86. The number of thioether (sulfide) groups is 1. The van der Waals surface area contributed by atoms with Crippen molar-refractivity contribution in [2.75, 3.05) is 25.4 Å². The maximum absolute atomic E-state index is 13.2. The van der Waals surface area contributed by atoms with Crippen molar-refractivity contribution >= 4 is 17.7 Å². The first-order valence-corrected chi connectivity index (χ1v) is 10.5. The molecule has 0 aromatic heterocycles. The second kappa shape index (κ2) is 9.38. The number of carbonyl (C=O) groups is 1. The number of halogens is 1. The van der Waals surface area contributed by atoms with Gasteiger partial charge in [0.15, 0.2) is 0 Å². The van der Waals surface area contributed by atoms with Crippen molar-refractivity contribution in [3.8, 4) is 0 Å². The van der Waals surface area contributed by atoms with E-state index in [0.717, 1.165) is 31.0 Å². The Hall–Kier alpha value is -1.85. The first kappa shape index (κ1) is 19.9. The molecule has 3 nitrogen and oxygen atoms in total. The van der Waals surface area contributed by atoms with Crippen molar-refractivity contribution in [2.24, 2.45) is 5.92 Å². The number of amides is 1. The van der Waals surface area contributed by atoms with E-state index in [2.05, 4.69) is 30.9 Å². The zero-order chi connectivity index (χ0) is 19.2. The minimum Gasteiger partial charge on any atom is -0.325 e. The highest BCUT2D eigenvalue weighted by atomic mass is 32.2. The van der Waals surface area contributed by atoms with Gasteiger partial charge in [-0.25, -0.2) is 4.39 Å². The molecule has 3 rings (SSSR count). The Kier molecular flexibility index (Phi) is 6.91. The van der Waals surface area contributed by atoms with Gasteiger partial charge in [-0.2, -0.15) is 0 Å². The topological polar surface area (TPSA) is 23.6 Å². The van der Waals surface area contributed by atoms with Gasteiger partial charge in [0.25, 0.3) is 0 Å². The zero-order valence-corrected chi connectivity index (χ0v) is 16.8. The fourth-order valence-electron chi connectivity index (χ4n) is 3.45. The van der Waals surface area contributed by atoms with Crippen molar-refractivity contribution in [1.29, 1.82) is 0 Å². The van der Waals surface area contributed by atoms with E-state index in [9.17, 15) is 9.18 Å². The summed E-state index contributed by atoms with van der Waals surface area (Å²) in [5, 5.41) is -0.0178. The van der Waals surface area contributed by atoms with Gasteiger partial charge in [-0.15, -0.1) is 11.8 Å². The molecule has 1 saturated heterocycles. The normalized spacial score (nSPS) is 17.1. The first-order valence-electron chi connectivity index (χ1n) is 9.45. The van der Waals surface area contributed by atoms with Crippen LogP contribution in [0.1, 0.15) is 30.3 Å². The van der Waals surface area contributed by atoms with Crippen LogP contribution in [0.4, 0.5) is 4.39 Å². The average Bonchev–Trinajstić information content (AvgIpc) is 3.12. The van der Waals surface area contributed by atoms with E-state index < -0.39 is 0 Å². The molecule has 0 saturated carbocycles. The summed E-state index contributed by atoms with van der Waals surface area (Å²) in [5.74, 6) is 1.30. The summed E-state index contributed by atoms with van der Waals surface area (Å²) < 4.78 is 13.2. The Balaban J connectivity index is 1.69. The summed E-state index contributed by atoms with van der Waals surface area (Å²) in [5.41, 5.74) is 2.21. The van der Waals surface area contributed by atoms with E-state index in [1.54, 1.807) is 23.9 Å². The smallest absolute Gasteiger partial charge is 0.237 e. The monoisotopic (exact) mass is 386 g/mol. The largest absolute Gasteiger partial charge is 0.325 e. The summed E-state index contributed by atoms with van der Waals surface area (Å²) >= 11 is 1.75. The fraction of sp³-hybridized carbons (Fsp3) is 0.409. The lowest BCUT2D eigenvalue weighted by molar-refractivity contribution is -0.132. The molecule has 0 aliphatic carbocycles. The second-order valence-corrected chi connectivity index (χ2v) is 8.60. The summed E-state index contributed by atoms with van der Waals surface area (Å²) in [6, 6.07) is 16.8. The molecule has 144 valence electrons. The molecule has 1 amide bonds. The molecular formula is C22H27FN2OS. The Morgan fingerprint density at radius 1 is 1.19 bits per heavy atom. The maximum Gasteiger partial charge on any atom is 0.237 e. The van der Waals surface area contributed by atoms with Crippen molar-refractivity contribution in [3.05, 3.63) is 71.5 Å². The van der Waals surface area contributed by atoms with Crippen LogP contribution in [0.3, 0.4) is 0 Å². The molecule has 27 heavy (non-hydrogen) atoms. The predicted octanol–water partition coefficient (Wildman–Crippen LogP) is 4.56. The molecule has 1 aliphatic heterocycles. The van der Waals surface area contributed by atoms with Gasteiger partial charge in [-0.05, 0) is 29.2 Å². The number of hydrogen-bond acceptors (Lipinski definition) is 3. The number of nitrogens with zero attached hydrogens (tertiary/aromatic N) is 2. The molecule has 1 aliphatic rings. The molecule has 0 spiro atoms. The van der Waals surface area contributed by atoms with E-state index in [-0.39, 0.29) is 17.1 Å². The fourth-order valence-corrected chi connectivity index (χ4v) is 4.73. The molecule has 2 aromatic carbocycles.